The number of benzene rings is 2. The van der Waals surface area contributed by atoms with E-state index in [2.05, 4.69) is 0 Å². The molecule has 0 unspecified atom stereocenters. The van der Waals surface area contributed by atoms with Crippen LogP contribution in [-0.4, -0.2) is 10.1 Å². The van der Waals surface area contributed by atoms with Crippen LogP contribution in [0.2, 0.25) is 0 Å². The Morgan fingerprint density at radius 2 is 1.63 bits per heavy atom. The van der Waals surface area contributed by atoms with E-state index in [-0.39, 0.29) is 11.5 Å². The molecule has 0 bridgehead atoms. The number of nitrogens with zero attached hydrogens (tertiary/aromatic N) is 1. The molecule has 0 radical (unpaired) electrons. The van der Waals surface area contributed by atoms with E-state index in [9.17, 15) is 18.9 Å². The number of non-ortho nitro benzene ring substituents is 1. The molecule has 0 aromatic heterocycles. The molecule has 0 saturated carbocycles. The van der Waals surface area contributed by atoms with Crippen molar-refractivity contribution in [1.29, 1.82) is 0 Å². The minimum absolute atomic E-state index is 0.222. The quantitative estimate of drug-likeness (QED) is 0.646. The van der Waals surface area contributed by atoms with Crippen molar-refractivity contribution in [3.8, 4) is 0 Å². The Morgan fingerprint density at radius 3 is 2.00 bits per heavy atom. The van der Waals surface area contributed by atoms with E-state index < -0.39 is 10.7 Å². The van der Waals surface area contributed by atoms with Gasteiger partial charge in [0.2, 0.25) is 0 Å². The maximum absolute atomic E-state index is 12.2. The smallest absolute Gasteiger partial charge is 0.272 e. The molecule has 2 rings (SSSR count). The highest BCUT2D eigenvalue weighted by Crippen LogP contribution is 2.10. The Bertz CT molecular complexity index is 564. The summed E-state index contributed by atoms with van der Waals surface area (Å²) in [5.41, 5.74) is 1.96. The van der Waals surface area contributed by atoms with Crippen LogP contribution in [0, 0.1) is 21.7 Å². The van der Waals surface area contributed by atoms with Gasteiger partial charge >= 0.3 is 0 Å². The molecule has 2 N–H and O–H groups in total. The van der Waals surface area contributed by atoms with E-state index in [0.717, 1.165) is 12.1 Å². The van der Waals surface area contributed by atoms with Crippen molar-refractivity contribution in [2.45, 2.75) is 0 Å². The maximum Gasteiger partial charge on any atom is 0.272 e. The van der Waals surface area contributed by atoms with E-state index in [1.807, 2.05) is 5.48 Å². The largest absolute Gasteiger partial charge is 0.291 e. The molecule has 7 heteroatoms. The lowest BCUT2D eigenvalue weighted by molar-refractivity contribution is -0.385. The van der Waals surface area contributed by atoms with Gasteiger partial charge in [-0.1, -0.05) is 12.1 Å². The van der Waals surface area contributed by atoms with Gasteiger partial charge in [-0.15, -0.1) is 0 Å². The number of hydrogen-bond donors (Lipinski definition) is 2. The SMILES string of the molecule is O=[N+]([O-])c1cccc(F)c1.ONc1cccc(F)c1. The lowest BCUT2D eigenvalue weighted by Gasteiger charge is -1.94. The highest BCUT2D eigenvalue weighted by atomic mass is 19.1. The first-order valence-corrected chi connectivity index (χ1v) is 5.08. The molecule has 5 nitrogen and oxygen atoms in total. The zero-order chi connectivity index (χ0) is 14.3. The summed E-state index contributed by atoms with van der Waals surface area (Å²) < 4.78 is 24.4. The molecule has 0 heterocycles. The van der Waals surface area contributed by atoms with Gasteiger partial charge in [-0.3, -0.25) is 20.8 Å². The van der Waals surface area contributed by atoms with Gasteiger partial charge < -0.3 is 0 Å². The number of rotatable bonds is 2. The summed E-state index contributed by atoms with van der Waals surface area (Å²) >= 11 is 0. The highest BCUT2D eigenvalue weighted by Gasteiger charge is 2.03. The molecule has 0 aliphatic carbocycles. The van der Waals surface area contributed by atoms with Gasteiger partial charge in [-0.2, -0.15) is 0 Å². The van der Waals surface area contributed by atoms with Gasteiger partial charge in [0.25, 0.3) is 5.69 Å². The van der Waals surface area contributed by atoms with E-state index in [0.29, 0.717) is 5.69 Å². The fourth-order valence-corrected chi connectivity index (χ4v) is 1.15. The molecule has 0 aliphatic heterocycles. The fraction of sp³-hybridized carbons (Fsp3) is 0. The van der Waals surface area contributed by atoms with Crippen LogP contribution in [0.1, 0.15) is 0 Å². The van der Waals surface area contributed by atoms with E-state index in [1.54, 1.807) is 6.07 Å². The van der Waals surface area contributed by atoms with Crippen molar-refractivity contribution in [1.82, 2.24) is 0 Å². The standard InChI is InChI=1S/C6H4FNO2.C6H6FNO/c7-5-2-1-3-6(4-5)8(9)10;7-5-2-1-3-6(4-5)8-9/h1-4H;1-4,8-9H. The molecule has 0 atom stereocenters. The maximum atomic E-state index is 12.2. The highest BCUT2D eigenvalue weighted by molar-refractivity contribution is 5.40. The second-order valence-electron chi connectivity index (χ2n) is 3.36. The third-order valence-electron chi connectivity index (χ3n) is 1.97. The summed E-state index contributed by atoms with van der Waals surface area (Å²) in [5.74, 6) is -0.955. The Morgan fingerprint density at radius 1 is 1.05 bits per heavy atom. The molecule has 0 fully saturated rings. The van der Waals surface area contributed by atoms with Gasteiger partial charge in [0.15, 0.2) is 0 Å². The Hall–Kier alpha value is -2.54. The van der Waals surface area contributed by atoms with Crippen LogP contribution in [0.25, 0.3) is 0 Å². The van der Waals surface area contributed by atoms with Gasteiger partial charge in [0, 0.05) is 6.07 Å². The van der Waals surface area contributed by atoms with Crippen LogP contribution in [0.3, 0.4) is 0 Å². The zero-order valence-corrected chi connectivity index (χ0v) is 9.59. The summed E-state index contributed by atoms with van der Waals surface area (Å²) in [5, 5.41) is 18.2. The van der Waals surface area contributed by atoms with Crippen LogP contribution in [0.15, 0.2) is 48.5 Å². The zero-order valence-electron chi connectivity index (χ0n) is 9.59. The van der Waals surface area contributed by atoms with Crippen molar-refractivity contribution in [2.75, 3.05) is 5.48 Å². The lowest BCUT2D eigenvalue weighted by atomic mass is 10.3. The fourth-order valence-electron chi connectivity index (χ4n) is 1.15. The summed E-state index contributed by atoms with van der Waals surface area (Å²) in [7, 11) is 0. The number of nitro benzene ring substituents is 1. The first-order valence-electron chi connectivity index (χ1n) is 5.08. The minimum Gasteiger partial charge on any atom is -0.291 e. The van der Waals surface area contributed by atoms with Gasteiger partial charge in [0.1, 0.15) is 11.6 Å². The first-order chi connectivity index (χ1) is 9.02. The van der Waals surface area contributed by atoms with E-state index in [1.165, 1.54) is 30.3 Å². The first kappa shape index (κ1) is 14.5. The molecule has 2 aromatic rings. The molecule has 0 spiro atoms. The summed E-state index contributed by atoms with van der Waals surface area (Å²) in [6.07, 6.45) is 0. The van der Waals surface area contributed by atoms with Gasteiger partial charge in [0.05, 0.1) is 16.7 Å². The molecule has 0 saturated heterocycles. The number of hydrogen-bond acceptors (Lipinski definition) is 4. The number of nitro groups is 1. The third kappa shape index (κ3) is 5.09. The van der Waals surface area contributed by atoms with E-state index in [4.69, 9.17) is 5.21 Å². The van der Waals surface area contributed by atoms with Crippen molar-refractivity contribution >= 4 is 11.4 Å². The average Bonchev–Trinajstić information content (AvgIpc) is 2.39. The van der Waals surface area contributed by atoms with Crippen molar-refractivity contribution < 1.29 is 18.9 Å². The molecule has 2 aromatic carbocycles. The Balaban J connectivity index is 0.000000191. The van der Waals surface area contributed by atoms with Crippen LogP contribution in [0.4, 0.5) is 20.2 Å². The summed E-state index contributed by atoms with van der Waals surface area (Å²) in [4.78, 5) is 9.36. The molecule has 19 heavy (non-hydrogen) atoms. The molecular formula is C12H10F2N2O3. The van der Waals surface area contributed by atoms with Crippen LogP contribution >= 0.6 is 0 Å². The number of anilines is 1. The predicted octanol–water partition coefficient (Wildman–Crippen LogP) is 3.36. The average molecular weight is 268 g/mol. The Kier molecular flexibility index (Phi) is 5.36. The molecule has 0 aliphatic rings. The second kappa shape index (κ2) is 7.02. The van der Waals surface area contributed by atoms with Crippen LogP contribution in [-0.2, 0) is 0 Å². The van der Waals surface area contributed by atoms with Crippen molar-refractivity contribution in [3.05, 3.63) is 70.3 Å². The van der Waals surface area contributed by atoms with Crippen LogP contribution < -0.4 is 5.48 Å². The molecule has 0 amide bonds. The molecular weight excluding hydrogens is 258 g/mol. The third-order valence-corrected chi connectivity index (χ3v) is 1.97. The second-order valence-corrected chi connectivity index (χ2v) is 3.36. The number of halogens is 2. The van der Waals surface area contributed by atoms with Crippen LogP contribution in [0.5, 0.6) is 0 Å². The topological polar surface area (TPSA) is 75.4 Å². The predicted molar refractivity (Wildman–Crippen MR) is 64.9 cm³/mol. The minimum atomic E-state index is -0.636. The van der Waals surface area contributed by atoms with Crippen molar-refractivity contribution in [3.63, 3.8) is 0 Å². The number of nitrogens with one attached hydrogen (secondary N) is 1. The lowest BCUT2D eigenvalue weighted by Crippen LogP contribution is -1.88. The summed E-state index contributed by atoms with van der Waals surface area (Å²) in [6.45, 7) is 0. The Labute approximate surface area is 107 Å². The molecule has 100 valence electrons. The summed E-state index contributed by atoms with van der Waals surface area (Å²) in [6, 6.07) is 10.1. The van der Waals surface area contributed by atoms with Gasteiger partial charge in [-0.05, 0) is 24.3 Å². The monoisotopic (exact) mass is 268 g/mol. The van der Waals surface area contributed by atoms with Gasteiger partial charge in [-0.25, -0.2) is 8.78 Å². The van der Waals surface area contributed by atoms with Crippen molar-refractivity contribution in [2.24, 2.45) is 0 Å². The normalized spacial score (nSPS) is 9.21. The van der Waals surface area contributed by atoms with E-state index >= 15 is 0 Å².